The summed E-state index contributed by atoms with van der Waals surface area (Å²) in [6.45, 7) is 3.57. The molecular formula is C17H21N3O2S. The molecule has 0 unspecified atom stereocenters. The van der Waals surface area contributed by atoms with E-state index in [1.54, 1.807) is 18.4 Å². The standard InChI is InChI=1S/C17H21N3O2S/c1-12-19-15(11-23-12)13-4-3-5-14(10-13)20-16(21)17(22-2)6-8-18-9-7-17/h3-5,10-11,18H,6-9H2,1-2H3,(H,20,21). The Balaban J connectivity index is 1.78. The molecule has 2 heterocycles. The Morgan fingerprint density at radius 3 is 2.83 bits per heavy atom. The highest BCUT2D eigenvalue weighted by molar-refractivity contribution is 7.09. The SMILES string of the molecule is COC1(C(=O)Nc2cccc(-c3csc(C)n3)c2)CCNCC1. The molecule has 0 radical (unpaired) electrons. The topological polar surface area (TPSA) is 63.2 Å². The number of nitrogens with zero attached hydrogens (tertiary/aromatic N) is 1. The molecule has 0 bridgehead atoms. The number of nitrogens with one attached hydrogen (secondary N) is 2. The lowest BCUT2D eigenvalue weighted by Crippen LogP contribution is -2.51. The Labute approximate surface area is 140 Å². The van der Waals surface area contributed by atoms with E-state index in [-0.39, 0.29) is 5.91 Å². The third-order valence-electron chi connectivity index (χ3n) is 4.25. The van der Waals surface area contributed by atoms with Crippen molar-refractivity contribution in [3.63, 3.8) is 0 Å². The van der Waals surface area contributed by atoms with Crippen molar-refractivity contribution in [2.75, 3.05) is 25.5 Å². The van der Waals surface area contributed by atoms with E-state index in [4.69, 9.17) is 4.74 Å². The van der Waals surface area contributed by atoms with Crippen molar-refractivity contribution in [2.45, 2.75) is 25.4 Å². The van der Waals surface area contributed by atoms with Crippen LogP contribution in [-0.2, 0) is 9.53 Å². The largest absolute Gasteiger partial charge is 0.368 e. The third-order valence-corrected chi connectivity index (χ3v) is 5.02. The number of amides is 1. The zero-order chi connectivity index (χ0) is 16.3. The number of aromatic nitrogens is 1. The number of carbonyl (C=O) groups is 1. The molecule has 5 nitrogen and oxygen atoms in total. The predicted octanol–water partition coefficient (Wildman–Crippen LogP) is 2.83. The summed E-state index contributed by atoms with van der Waals surface area (Å²) >= 11 is 1.62. The van der Waals surface area contributed by atoms with Crippen molar-refractivity contribution in [2.24, 2.45) is 0 Å². The minimum absolute atomic E-state index is 0.0758. The van der Waals surface area contributed by atoms with Crippen molar-refractivity contribution in [3.05, 3.63) is 34.7 Å². The number of carbonyl (C=O) groups excluding carboxylic acids is 1. The number of anilines is 1. The molecule has 0 saturated carbocycles. The molecule has 1 amide bonds. The summed E-state index contributed by atoms with van der Waals surface area (Å²) in [4.78, 5) is 17.2. The van der Waals surface area contributed by atoms with Crippen LogP contribution in [0.25, 0.3) is 11.3 Å². The molecule has 0 spiro atoms. The van der Waals surface area contributed by atoms with Gasteiger partial charge in [0.25, 0.3) is 5.91 Å². The molecule has 3 rings (SSSR count). The van der Waals surface area contributed by atoms with Gasteiger partial charge in [-0.05, 0) is 45.0 Å². The van der Waals surface area contributed by atoms with Gasteiger partial charge in [-0.2, -0.15) is 0 Å². The average molecular weight is 331 g/mol. The molecule has 1 aromatic carbocycles. The van der Waals surface area contributed by atoms with Crippen LogP contribution in [0, 0.1) is 6.92 Å². The van der Waals surface area contributed by atoms with Gasteiger partial charge in [-0.1, -0.05) is 12.1 Å². The van der Waals surface area contributed by atoms with Gasteiger partial charge in [-0.3, -0.25) is 4.79 Å². The van der Waals surface area contributed by atoms with E-state index in [1.807, 2.05) is 36.6 Å². The molecular weight excluding hydrogens is 310 g/mol. The van der Waals surface area contributed by atoms with Gasteiger partial charge in [0.15, 0.2) is 0 Å². The summed E-state index contributed by atoms with van der Waals surface area (Å²) in [5.41, 5.74) is 1.97. The van der Waals surface area contributed by atoms with Gasteiger partial charge in [0.05, 0.1) is 10.7 Å². The molecule has 0 aliphatic carbocycles. The van der Waals surface area contributed by atoms with Crippen LogP contribution in [0.2, 0.25) is 0 Å². The van der Waals surface area contributed by atoms with Gasteiger partial charge in [0, 0.05) is 23.7 Å². The van der Waals surface area contributed by atoms with Gasteiger partial charge in [-0.25, -0.2) is 4.98 Å². The number of methoxy groups -OCH3 is 1. The fourth-order valence-corrected chi connectivity index (χ4v) is 3.47. The second-order valence-corrected chi connectivity index (χ2v) is 6.80. The van der Waals surface area contributed by atoms with Crippen molar-refractivity contribution in [1.29, 1.82) is 0 Å². The van der Waals surface area contributed by atoms with Crippen molar-refractivity contribution >= 4 is 22.9 Å². The van der Waals surface area contributed by atoms with Gasteiger partial charge in [0.1, 0.15) is 5.60 Å². The van der Waals surface area contributed by atoms with Crippen LogP contribution in [0.1, 0.15) is 17.8 Å². The summed E-state index contributed by atoms with van der Waals surface area (Å²) in [7, 11) is 1.61. The number of piperidine rings is 1. The first kappa shape index (κ1) is 16.1. The number of ether oxygens (including phenoxy) is 1. The zero-order valence-electron chi connectivity index (χ0n) is 13.4. The lowest BCUT2D eigenvalue weighted by molar-refractivity contribution is -0.140. The van der Waals surface area contributed by atoms with E-state index in [0.717, 1.165) is 35.0 Å². The molecule has 1 aliphatic heterocycles. The fourth-order valence-electron chi connectivity index (χ4n) is 2.85. The van der Waals surface area contributed by atoms with E-state index in [1.165, 1.54) is 0 Å². The van der Waals surface area contributed by atoms with Crippen molar-refractivity contribution in [1.82, 2.24) is 10.3 Å². The van der Waals surface area contributed by atoms with E-state index < -0.39 is 5.60 Å². The second-order valence-electron chi connectivity index (χ2n) is 5.74. The van der Waals surface area contributed by atoms with Gasteiger partial charge in [0.2, 0.25) is 0 Å². The number of benzene rings is 1. The molecule has 23 heavy (non-hydrogen) atoms. The van der Waals surface area contributed by atoms with E-state index >= 15 is 0 Å². The average Bonchev–Trinajstić information content (AvgIpc) is 3.02. The molecule has 2 aromatic rings. The fraction of sp³-hybridized carbons (Fsp3) is 0.412. The third kappa shape index (κ3) is 3.44. The highest BCUT2D eigenvalue weighted by Crippen LogP contribution is 2.27. The predicted molar refractivity (Wildman–Crippen MR) is 92.8 cm³/mol. The van der Waals surface area contributed by atoms with Gasteiger partial charge < -0.3 is 15.4 Å². The highest BCUT2D eigenvalue weighted by atomic mass is 32.1. The molecule has 2 N–H and O–H groups in total. The quantitative estimate of drug-likeness (QED) is 0.904. The maximum Gasteiger partial charge on any atom is 0.256 e. The lowest BCUT2D eigenvalue weighted by Gasteiger charge is -2.34. The minimum atomic E-state index is -0.738. The van der Waals surface area contributed by atoms with Crippen LogP contribution in [0.15, 0.2) is 29.6 Å². The first-order chi connectivity index (χ1) is 11.1. The summed E-state index contributed by atoms with van der Waals surface area (Å²) in [5, 5.41) is 9.32. The lowest BCUT2D eigenvalue weighted by atomic mass is 9.91. The molecule has 0 atom stereocenters. The first-order valence-electron chi connectivity index (χ1n) is 7.73. The Kier molecular flexibility index (Phi) is 4.75. The van der Waals surface area contributed by atoms with Gasteiger partial charge >= 0.3 is 0 Å². The number of thiazole rings is 1. The minimum Gasteiger partial charge on any atom is -0.368 e. The van der Waals surface area contributed by atoms with Crippen LogP contribution in [-0.4, -0.2) is 36.7 Å². The number of aryl methyl sites for hydroxylation is 1. The van der Waals surface area contributed by atoms with Crippen molar-refractivity contribution in [3.8, 4) is 11.3 Å². The summed E-state index contributed by atoms with van der Waals surface area (Å²) < 4.78 is 5.57. The molecule has 1 saturated heterocycles. The monoisotopic (exact) mass is 331 g/mol. The maximum absolute atomic E-state index is 12.7. The molecule has 6 heteroatoms. The first-order valence-corrected chi connectivity index (χ1v) is 8.61. The Hall–Kier alpha value is -1.76. The van der Waals surface area contributed by atoms with Crippen LogP contribution in [0.5, 0.6) is 0 Å². The number of hydrogen-bond donors (Lipinski definition) is 2. The van der Waals surface area contributed by atoms with Gasteiger partial charge in [-0.15, -0.1) is 11.3 Å². The molecule has 1 aromatic heterocycles. The maximum atomic E-state index is 12.7. The van der Waals surface area contributed by atoms with Crippen LogP contribution < -0.4 is 10.6 Å². The van der Waals surface area contributed by atoms with E-state index in [2.05, 4.69) is 15.6 Å². The van der Waals surface area contributed by atoms with E-state index in [0.29, 0.717) is 12.8 Å². The number of rotatable bonds is 4. The molecule has 1 fully saturated rings. The summed E-state index contributed by atoms with van der Waals surface area (Å²) in [5.74, 6) is -0.0758. The van der Waals surface area contributed by atoms with Crippen LogP contribution >= 0.6 is 11.3 Å². The smallest absolute Gasteiger partial charge is 0.256 e. The normalized spacial score (nSPS) is 17.0. The summed E-state index contributed by atoms with van der Waals surface area (Å²) in [6.07, 6.45) is 1.36. The summed E-state index contributed by atoms with van der Waals surface area (Å²) in [6, 6.07) is 7.78. The van der Waals surface area contributed by atoms with Crippen molar-refractivity contribution < 1.29 is 9.53 Å². The zero-order valence-corrected chi connectivity index (χ0v) is 14.2. The molecule has 1 aliphatic rings. The van der Waals surface area contributed by atoms with E-state index in [9.17, 15) is 4.79 Å². The highest BCUT2D eigenvalue weighted by Gasteiger charge is 2.39. The molecule has 122 valence electrons. The Morgan fingerprint density at radius 1 is 1.39 bits per heavy atom. The second kappa shape index (κ2) is 6.78. The Morgan fingerprint density at radius 2 is 2.17 bits per heavy atom. The van der Waals surface area contributed by atoms with Crippen LogP contribution in [0.4, 0.5) is 5.69 Å². The Bertz CT molecular complexity index is 693. The van der Waals surface area contributed by atoms with Crippen LogP contribution in [0.3, 0.4) is 0 Å². The number of hydrogen-bond acceptors (Lipinski definition) is 5.